The summed E-state index contributed by atoms with van der Waals surface area (Å²) in [5, 5.41) is 2.86. The molecule has 136 valence electrons. The van der Waals surface area contributed by atoms with E-state index in [0.29, 0.717) is 18.0 Å². The number of sulfonamides is 1. The molecule has 0 spiro atoms. The molecule has 0 radical (unpaired) electrons. The van der Waals surface area contributed by atoms with E-state index in [-0.39, 0.29) is 11.9 Å². The fraction of sp³-hybridized carbons (Fsp3) is 0.588. The second-order valence-corrected chi connectivity index (χ2v) is 7.72. The zero-order valence-electron chi connectivity index (χ0n) is 15.1. The molecule has 0 aromatic heterocycles. The predicted molar refractivity (Wildman–Crippen MR) is 96.9 cm³/mol. The van der Waals surface area contributed by atoms with Crippen molar-refractivity contribution in [2.24, 2.45) is 0 Å². The van der Waals surface area contributed by atoms with E-state index < -0.39 is 16.1 Å². The Kier molecular flexibility index (Phi) is 7.54. The van der Waals surface area contributed by atoms with Gasteiger partial charge in [-0.3, -0.25) is 9.10 Å². The molecule has 0 saturated heterocycles. The van der Waals surface area contributed by atoms with Crippen LogP contribution in [0.2, 0.25) is 0 Å². The summed E-state index contributed by atoms with van der Waals surface area (Å²) in [5.41, 5.74) is 0.437. The maximum atomic E-state index is 12.4. The number of carbonyl (C=O) groups excluding carboxylic acids is 1. The van der Waals surface area contributed by atoms with E-state index >= 15 is 0 Å². The first-order valence-electron chi connectivity index (χ1n) is 8.23. The molecular weight excluding hydrogens is 328 g/mol. The molecule has 6 nitrogen and oxygen atoms in total. The highest BCUT2D eigenvalue weighted by Crippen LogP contribution is 2.24. The minimum atomic E-state index is -3.60. The Morgan fingerprint density at radius 2 is 1.79 bits per heavy atom. The molecule has 0 aliphatic carbocycles. The SMILES string of the molecule is CCC[C@H](C)NC(=O)[C@@H](C)N(c1ccc(OCC)cc1)S(C)(=O)=O. The molecule has 0 saturated carbocycles. The van der Waals surface area contributed by atoms with E-state index in [1.165, 1.54) is 0 Å². The summed E-state index contributed by atoms with van der Waals surface area (Å²) < 4.78 is 30.9. The van der Waals surface area contributed by atoms with E-state index in [4.69, 9.17) is 4.74 Å². The van der Waals surface area contributed by atoms with E-state index in [9.17, 15) is 13.2 Å². The smallest absolute Gasteiger partial charge is 0.243 e. The fourth-order valence-corrected chi connectivity index (χ4v) is 3.71. The summed E-state index contributed by atoms with van der Waals surface area (Å²) in [5.74, 6) is 0.346. The molecule has 0 unspecified atom stereocenters. The summed E-state index contributed by atoms with van der Waals surface area (Å²) in [6.07, 6.45) is 2.90. The quantitative estimate of drug-likeness (QED) is 0.738. The zero-order valence-corrected chi connectivity index (χ0v) is 15.9. The molecule has 0 aliphatic rings. The van der Waals surface area contributed by atoms with Crippen molar-refractivity contribution in [3.63, 3.8) is 0 Å². The largest absolute Gasteiger partial charge is 0.494 e. The van der Waals surface area contributed by atoms with Crippen LogP contribution in [0.25, 0.3) is 0 Å². The molecule has 24 heavy (non-hydrogen) atoms. The van der Waals surface area contributed by atoms with Crippen molar-refractivity contribution in [3.05, 3.63) is 24.3 Å². The number of hydrogen-bond acceptors (Lipinski definition) is 4. The fourth-order valence-electron chi connectivity index (χ4n) is 2.53. The van der Waals surface area contributed by atoms with Crippen LogP contribution in [0.1, 0.15) is 40.5 Å². The third-order valence-electron chi connectivity index (χ3n) is 3.60. The molecule has 0 bridgehead atoms. The summed E-state index contributed by atoms with van der Waals surface area (Å²) in [4.78, 5) is 12.4. The number of nitrogens with one attached hydrogen (secondary N) is 1. The van der Waals surface area contributed by atoms with Gasteiger partial charge in [0, 0.05) is 6.04 Å². The average Bonchev–Trinajstić information content (AvgIpc) is 2.48. The van der Waals surface area contributed by atoms with Crippen LogP contribution >= 0.6 is 0 Å². The van der Waals surface area contributed by atoms with Gasteiger partial charge in [-0.25, -0.2) is 8.42 Å². The summed E-state index contributed by atoms with van der Waals surface area (Å²) >= 11 is 0. The topological polar surface area (TPSA) is 75.7 Å². The lowest BCUT2D eigenvalue weighted by molar-refractivity contribution is -0.122. The van der Waals surface area contributed by atoms with Crippen LogP contribution in [-0.4, -0.2) is 39.3 Å². The highest BCUT2D eigenvalue weighted by atomic mass is 32.2. The van der Waals surface area contributed by atoms with Crippen molar-refractivity contribution >= 4 is 21.6 Å². The van der Waals surface area contributed by atoms with Crippen molar-refractivity contribution < 1.29 is 17.9 Å². The molecule has 2 atom stereocenters. The number of rotatable bonds is 9. The summed E-state index contributed by atoms with van der Waals surface area (Å²) in [7, 11) is -3.60. The Bertz CT molecular complexity index is 628. The average molecular weight is 356 g/mol. The van der Waals surface area contributed by atoms with Crippen molar-refractivity contribution in [1.29, 1.82) is 0 Å². The number of benzene rings is 1. The number of hydrogen-bond donors (Lipinski definition) is 1. The highest BCUT2D eigenvalue weighted by molar-refractivity contribution is 7.92. The Labute approximate surface area is 145 Å². The van der Waals surface area contributed by atoms with Gasteiger partial charge < -0.3 is 10.1 Å². The Morgan fingerprint density at radius 1 is 1.21 bits per heavy atom. The van der Waals surface area contributed by atoms with E-state index in [1.54, 1.807) is 31.2 Å². The van der Waals surface area contributed by atoms with Crippen molar-refractivity contribution in [2.75, 3.05) is 17.2 Å². The third-order valence-corrected chi connectivity index (χ3v) is 4.84. The summed E-state index contributed by atoms with van der Waals surface area (Å²) in [6, 6.07) is 5.85. The minimum Gasteiger partial charge on any atom is -0.494 e. The van der Waals surface area contributed by atoms with Gasteiger partial charge in [-0.05, 0) is 51.5 Å². The monoisotopic (exact) mass is 356 g/mol. The van der Waals surface area contributed by atoms with Crippen LogP contribution in [0.5, 0.6) is 5.75 Å². The van der Waals surface area contributed by atoms with Gasteiger partial charge in [0.05, 0.1) is 18.6 Å². The van der Waals surface area contributed by atoms with Crippen molar-refractivity contribution in [1.82, 2.24) is 5.32 Å². The number of carbonyl (C=O) groups is 1. The number of nitrogens with zero attached hydrogens (tertiary/aromatic N) is 1. The minimum absolute atomic E-state index is 0.00619. The lowest BCUT2D eigenvalue weighted by atomic mass is 10.2. The predicted octanol–water partition coefficient (Wildman–Crippen LogP) is 2.54. The zero-order chi connectivity index (χ0) is 18.3. The van der Waals surface area contributed by atoms with Gasteiger partial charge in [-0.1, -0.05) is 13.3 Å². The van der Waals surface area contributed by atoms with Crippen molar-refractivity contribution in [2.45, 2.75) is 52.6 Å². The molecule has 1 rings (SSSR count). The lowest BCUT2D eigenvalue weighted by Gasteiger charge is -2.29. The molecule has 7 heteroatoms. The number of amides is 1. The first-order valence-corrected chi connectivity index (χ1v) is 10.1. The van der Waals surface area contributed by atoms with Gasteiger partial charge in [0.2, 0.25) is 15.9 Å². The van der Waals surface area contributed by atoms with Gasteiger partial charge in [-0.15, -0.1) is 0 Å². The third kappa shape index (κ3) is 5.70. The lowest BCUT2D eigenvalue weighted by Crippen LogP contribution is -2.49. The van der Waals surface area contributed by atoms with Crippen molar-refractivity contribution in [3.8, 4) is 5.75 Å². The van der Waals surface area contributed by atoms with E-state index in [1.807, 2.05) is 20.8 Å². The number of ether oxygens (including phenoxy) is 1. The first kappa shape index (κ1) is 20.3. The Morgan fingerprint density at radius 3 is 2.25 bits per heavy atom. The first-order chi connectivity index (χ1) is 11.2. The van der Waals surface area contributed by atoms with E-state index in [0.717, 1.165) is 23.4 Å². The molecule has 0 aliphatic heterocycles. The van der Waals surface area contributed by atoms with E-state index in [2.05, 4.69) is 5.32 Å². The molecule has 1 amide bonds. The second-order valence-electron chi connectivity index (χ2n) is 5.86. The van der Waals surface area contributed by atoms with Crippen LogP contribution < -0.4 is 14.4 Å². The molecule has 1 N–H and O–H groups in total. The van der Waals surface area contributed by atoms with Crippen LogP contribution in [0.15, 0.2) is 24.3 Å². The molecular formula is C17H28N2O4S. The van der Waals surface area contributed by atoms with Gasteiger partial charge in [-0.2, -0.15) is 0 Å². The van der Waals surface area contributed by atoms with Crippen LogP contribution in [0.4, 0.5) is 5.69 Å². The molecule has 1 aromatic rings. The normalized spacial score (nSPS) is 13.9. The van der Waals surface area contributed by atoms with Gasteiger partial charge in [0.1, 0.15) is 11.8 Å². The maximum Gasteiger partial charge on any atom is 0.243 e. The van der Waals surface area contributed by atoms with Gasteiger partial charge in [0.15, 0.2) is 0 Å². The van der Waals surface area contributed by atoms with Crippen LogP contribution in [-0.2, 0) is 14.8 Å². The standard InChI is InChI=1S/C17H28N2O4S/c1-6-8-13(3)18-17(20)14(4)19(24(5,21)22)15-9-11-16(12-10-15)23-7-2/h9-14H,6-8H2,1-5H3,(H,18,20)/t13-,14+/m0/s1. The van der Waals surface area contributed by atoms with Crippen LogP contribution in [0.3, 0.4) is 0 Å². The van der Waals surface area contributed by atoms with Gasteiger partial charge >= 0.3 is 0 Å². The highest BCUT2D eigenvalue weighted by Gasteiger charge is 2.29. The number of anilines is 1. The van der Waals surface area contributed by atoms with Gasteiger partial charge in [0.25, 0.3) is 0 Å². The molecule has 0 fully saturated rings. The molecule has 0 heterocycles. The maximum absolute atomic E-state index is 12.4. The van der Waals surface area contributed by atoms with Crippen LogP contribution in [0, 0.1) is 0 Å². The molecule has 1 aromatic carbocycles. The Balaban J connectivity index is 3.02. The Hall–Kier alpha value is -1.76. The second kappa shape index (κ2) is 8.92. The summed E-state index contributed by atoms with van der Waals surface area (Å²) in [6.45, 7) is 7.94.